The summed E-state index contributed by atoms with van der Waals surface area (Å²) in [4.78, 5) is 40.6. The van der Waals surface area contributed by atoms with Crippen molar-refractivity contribution in [1.82, 2.24) is 29.7 Å². The molecule has 2 N–H and O–H groups in total. The summed E-state index contributed by atoms with van der Waals surface area (Å²) in [6, 6.07) is 8.79. The number of anilines is 1. The maximum absolute atomic E-state index is 13.5. The molecular formula is C27H27F2N7O2. The molecule has 0 saturated carbocycles. The molecule has 0 fully saturated rings. The van der Waals surface area contributed by atoms with Crippen LogP contribution >= 0.6 is 0 Å². The van der Waals surface area contributed by atoms with Crippen molar-refractivity contribution in [2.75, 3.05) is 26.0 Å². The molecule has 4 aromatic rings. The van der Waals surface area contributed by atoms with E-state index in [-0.39, 0.29) is 18.7 Å². The molecule has 38 heavy (non-hydrogen) atoms. The van der Waals surface area contributed by atoms with Crippen molar-refractivity contribution >= 4 is 22.8 Å². The van der Waals surface area contributed by atoms with Gasteiger partial charge >= 0.3 is 0 Å². The zero-order chi connectivity index (χ0) is 27.2. The van der Waals surface area contributed by atoms with Crippen molar-refractivity contribution < 1.29 is 13.6 Å². The van der Waals surface area contributed by atoms with E-state index in [1.807, 2.05) is 50.3 Å². The Morgan fingerprint density at radius 1 is 1.05 bits per heavy atom. The maximum Gasteiger partial charge on any atom is 0.266 e. The lowest BCUT2D eigenvalue weighted by molar-refractivity contribution is 0.0948. The smallest absolute Gasteiger partial charge is 0.266 e. The van der Waals surface area contributed by atoms with E-state index in [9.17, 15) is 18.4 Å². The van der Waals surface area contributed by atoms with Crippen LogP contribution in [-0.4, -0.2) is 51.0 Å². The van der Waals surface area contributed by atoms with Gasteiger partial charge in [0.2, 0.25) is 0 Å². The van der Waals surface area contributed by atoms with Crippen molar-refractivity contribution in [3.63, 3.8) is 0 Å². The minimum atomic E-state index is -1.02. The number of benzene rings is 2. The number of nitrogens with one attached hydrogen (secondary N) is 2. The van der Waals surface area contributed by atoms with Crippen LogP contribution in [0.5, 0.6) is 0 Å². The van der Waals surface area contributed by atoms with Crippen molar-refractivity contribution in [1.29, 1.82) is 0 Å². The summed E-state index contributed by atoms with van der Waals surface area (Å²) >= 11 is 0. The molecule has 0 radical (unpaired) electrons. The van der Waals surface area contributed by atoms with E-state index >= 15 is 0 Å². The first-order valence-electron chi connectivity index (χ1n) is 11.8. The molecule has 1 amide bonds. The van der Waals surface area contributed by atoms with Gasteiger partial charge in [0.05, 0.1) is 30.1 Å². The quantitative estimate of drug-likeness (QED) is 0.350. The lowest BCUT2D eigenvalue weighted by atomic mass is 10.2. The third-order valence-corrected chi connectivity index (χ3v) is 5.57. The minimum Gasteiger partial charge on any atom is -0.383 e. The van der Waals surface area contributed by atoms with Crippen LogP contribution in [0.1, 0.15) is 28.4 Å². The Labute approximate surface area is 217 Å². The van der Waals surface area contributed by atoms with Crippen LogP contribution in [0.15, 0.2) is 71.7 Å². The normalized spacial score (nSPS) is 11.4. The summed E-state index contributed by atoms with van der Waals surface area (Å²) in [7, 11) is 3.92. The second-order valence-electron chi connectivity index (χ2n) is 9.04. The van der Waals surface area contributed by atoms with Crippen LogP contribution in [0.2, 0.25) is 0 Å². The average Bonchev–Trinajstić information content (AvgIpc) is 2.88. The van der Waals surface area contributed by atoms with Crippen LogP contribution in [0.4, 0.5) is 14.6 Å². The minimum absolute atomic E-state index is 0.0612. The highest BCUT2D eigenvalue weighted by atomic mass is 19.2. The van der Waals surface area contributed by atoms with Crippen molar-refractivity contribution in [3.05, 3.63) is 106 Å². The number of rotatable bonds is 9. The number of aromatic nitrogens is 4. The molecule has 0 bridgehead atoms. The first-order chi connectivity index (χ1) is 18.2. The van der Waals surface area contributed by atoms with Crippen LogP contribution < -0.4 is 16.2 Å². The first kappa shape index (κ1) is 26.4. The first-order valence-corrected chi connectivity index (χ1v) is 11.8. The third-order valence-electron chi connectivity index (χ3n) is 5.57. The Morgan fingerprint density at radius 3 is 2.61 bits per heavy atom. The summed E-state index contributed by atoms with van der Waals surface area (Å²) in [6.07, 6.45) is 6.10. The molecule has 0 spiro atoms. The zero-order valence-corrected chi connectivity index (χ0v) is 21.2. The summed E-state index contributed by atoms with van der Waals surface area (Å²) in [5.41, 5.74) is 2.87. The van der Waals surface area contributed by atoms with E-state index in [2.05, 4.69) is 25.6 Å². The van der Waals surface area contributed by atoms with Crippen molar-refractivity contribution in [2.45, 2.75) is 20.0 Å². The van der Waals surface area contributed by atoms with Gasteiger partial charge in [-0.1, -0.05) is 12.1 Å². The number of amides is 1. The number of carbonyl (C=O) groups is 1. The Balaban J connectivity index is 1.44. The van der Waals surface area contributed by atoms with Gasteiger partial charge in [-0.15, -0.1) is 0 Å². The van der Waals surface area contributed by atoms with Crippen LogP contribution in [-0.2, 0) is 13.1 Å². The Morgan fingerprint density at radius 2 is 1.84 bits per heavy atom. The molecule has 0 aliphatic heterocycles. The Bertz CT molecular complexity index is 1570. The fourth-order valence-electron chi connectivity index (χ4n) is 3.80. The van der Waals surface area contributed by atoms with Gasteiger partial charge in [0.15, 0.2) is 11.6 Å². The highest BCUT2D eigenvalue weighted by Crippen LogP contribution is 2.15. The summed E-state index contributed by atoms with van der Waals surface area (Å²) in [6.45, 7) is 2.72. The lowest BCUT2D eigenvalue weighted by Gasteiger charge is -2.11. The molecule has 2 aromatic carbocycles. The van der Waals surface area contributed by atoms with Gasteiger partial charge in [0, 0.05) is 33.4 Å². The van der Waals surface area contributed by atoms with Gasteiger partial charge in [0.25, 0.3) is 11.5 Å². The SMILES string of the molecule is C/C(=C\N(C)C)CNc1cnc2ccc(CNC(=O)c3cncn(Cc4ccc(F)c(F)c4)c3=O)cc2n1. The maximum atomic E-state index is 13.5. The summed E-state index contributed by atoms with van der Waals surface area (Å²) in [5, 5.41) is 5.97. The third kappa shape index (κ3) is 6.55. The van der Waals surface area contributed by atoms with Gasteiger partial charge in [-0.05, 0) is 54.1 Å². The molecule has 0 atom stereocenters. The Hall–Kier alpha value is -4.67. The second-order valence-corrected chi connectivity index (χ2v) is 9.04. The van der Waals surface area contributed by atoms with Crippen molar-refractivity contribution in [3.8, 4) is 0 Å². The molecule has 196 valence electrons. The topological polar surface area (TPSA) is 105 Å². The van der Waals surface area contributed by atoms with E-state index in [1.165, 1.54) is 18.6 Å². The van der Waals surface area contributed by atoms with E-state index in [0.717, 1.165) is 27.8 Å². The second kappa shape index (κ2) is 11.6. The molecule has 11 heteroatoms. The monoisotopic (exact) mass is 519 g/mol. The van der Waals surface area contributed by atoms with E-state index < -0.39 is 23.1 Å². The van der Waals surface area contributed by atoms with Gasteiger partial charge in [0.1, 0.15) is 11.4 Å². The standard InChI is InChI=1S/C27H27F2N7O2/c1-17(14-35(2)3)10-32-25-13-31-23-7-5-18(9-24(23)34-25)11-33-26(37)20-12-30-16-36(27(20)38)15-19-4-6-21(28)22(29)8-19/h4-9,12-14,16H,10-11,15H2,1-3H3,(H,32,34)(H,33,37)/b17-14+. The number of fused-ring (bicyclic) bond motifs is 1. The average molecular weight is 520 g/mol. The van der Waals surface area contributed by atoms with Crippen LogP contribution in [0.3, 0.4) is 0 Å². The number of halogens is 2. The molecule has 2 heterocycles. The number of hydrogen-bond donors (Lipinski definition) is 2. The van der Waals surface area contributed by atoms with Crippen molar-refractivity contribution in [2.24, 2.45) is 0 Å². The van der Waals surface area contributed by atoms with E-state index in [4.69, 9.17) is 0 Å². The van der Waals surface area contributed by atoms with Gasteiger partial charge < -0.3 is 15.5 Å². The molecule has 0 aliphatic rings. The fraction of sp³-hybridized carbons (Fsp3) is 0.222. The Kier molecular flexibility index (Phi) is 8.05. The molecular weight excluding hydrogens is 492 g/mol. The van der Waals surface area contributed by atoms with Gasteiger partial charge in [-0.2, -0.15) is 0 Å². The highest BCUT2D eigenvalue weighted by molar-refractivity contribution is 5.93. The summed E-state index contributed by atoms with van der Waals surface area (Å²) < 4.78 is 27.9. The predicted molar refractivity (Wildman–Crippen MR) is 141 cm³/mol. The molecule has 9 nitrogen and oxygen atoms in total. The fourth-order valence-corrected chi connectivity index (χ4v) is 3.80. The van der Waals surface area contributed by atoms with Crippen LogP contribution in [0, 0.1) is 11.6 Å². The number of carbonyl (C=O) groups excluding carboxylic acids is 1. The molecule has 4 rings (SSSR count). The zero-order valence-electron chi connectivity index (χ0n) is 21.2. The number of hydrogen-bond acceptors (Lipinski definition) is 7. The molecule has 2 aromatic heterocycles. The summed E-state index contributed by atoms with van der Waals surface area (Å²) in [5.74, 6) is -1.97. The van der Waals surface area contributed by atoms with Gasteiger partial charge in [-0.3, -0.25) is 19.1 Å². The van der Waals surface area contributed by atoms with E-state index in [0.29, 0.717) is 29.0 Å². The molecule has 0 saturated heterocycles. The van der Waals surface area contributed by atoms with Gasteiger partial charge in [-0.25, -0.2) is 18.7 Å². The highest BCUT2D eigenvalue weighted by Gasteiger charge is 2.14. The largest absolute Gasteiger partial charge is 0.383 e. The van der Waals surface area contributed by atoms with E-state index in [1.54, 1.807) is 6.20 Å². The molecule has 0 unspecified atom stereocenters. The number of nitrogens with zero attached hydrogens (tertiary/aromatic N) is 5. The van der Waals surface area contributed by atoms with Crippen LogP contribution in [0.25, 0.3) is 11.0 Å². The molecule has 0 aliphatic carbocycles. The lowest BCUT2D eigenvalue weighted by Crippen LogP contribution is -2.33. The predicted octanol–water partition coefficient (Wildman–Crippen LogP) is 3.32.